The fourth-order valence-corrected chi connectivity index (χ4v) is 5.77. The van der Waals surface area contributed by atoms with Gasteiger partial charge >= 0.3 is 11.9 Å². The summed E-state index contributed by atoms with van der Waals surface area (Å²) in [5, 5.41) is 40.6. The van der Waals surface area contributed by atoms with Gasteiger partial charge in [0.25, 0.3) is 0 Å². The molecule has 0 radical (unpaired) electrons. The first kappa shape index (κ1) is 35.2. The molecule has 2 unspecified atom stereocenters. The summed E-state index contributed by atoms with van der Waals surface area (Å²) in [6.45, 7) is 16.0. The molecule has 42 heavy (non-hydrogen) atoms. The number of hydrogen-bond acceptors (Lipinski definition) is 4. The molecule has 6 heteroatoms. The SMILES string of the molecule is Cc1cc(CC(CCCCCCCCC(Cc2cc(C)c(O)c(C(C)(C)C)c2)C(=O)O)C(=O)O)cc(C(C)(C)C)c1O. The van der Waals surface area contributed by atoms with E-state index in [-0.39, 0.29) is 22.3 Å². The van der Waals surface area contributed by atoms with Crippen molar-refractivity contribution in [2.75, 3.05) is 0 Å². The lowest BCUT2D eigenvalue weighted by atomic mass is 9.82. The molecular weight excluding hydrogens is 528 g/mol. The molecule has 4 N–H and O–H groups in total. The second-order valence-corrected chi connectivity index (χ2v) is 14.3. The lowest BCUT2D eigenvalue weighted by Crippen LogP contribution is -2.18. The largest absolute Gasteiger partial charge is 0.507 e. The summed E-state index contributed by atoms with van der Waals surface area (Å²) in [5.74, 6) is -1.90. The minimum Gasteiger partial charge on any atom is -0.507 e. The molecule has 0 saturated heterocycles. The fraction of sp³-hybridized carbons (Fsp3) is 0.611. The van der Waals surface area contributed by atoms with Crippen LogP contribution in [0.5, 0.6) is 11.5 Å². The van der Waals surface area contributed by atoms with Crippen molar-refractivity contribution in [3.8, 4) is 11.5 Å². The van der Waals surface area contributed by atoms with E-state index in [1.54, 1.807) is 0 Å². The number of rotatable bonds is 15. The van der Waals surface area contributed by atoms with Crippen molar-refractivity contribution in [2.24, 2.45) is 11.8 Å². The number of unbranched alkanes of at least 4 members (excludes halogenated alkanes) is 5. The molecule has 2 aromatic carbocycles. The Morgan fingerprint density at radius 1 is 0.595 bits per heavy atom. The van der Waals surface area contributed by atoms with Crippen molar-refractivity contribution < 1.29 is 30.0 Å². The molecule has 0 spiro atoms. The topological polar surface area (TPSA) is 115 Å². The van der Waals surface area contributed by atoms with Crippen LogP contribution in [0.2, 0.25) is 0 Å². The molecule has 2 aromatic rings. The summed E-state index contributed by atoms with van der Waals surface area (Å²) in [6.07, 6.45) is 7.73. The number of carboxylic acid groups (broad SMARTS) is 2. The van der Waals surface area contributed by atoms with Gasteiger partial charge < -0.3 is 20.4 Å². The van der Waals surface area contributed by atoms with Crippen molar-refractivity contribution >= 4 is 11.9 Å². The number of carboxylic acids is 2. The molecule has 0 aliphatic carbocycles. The van der Waals surface area contributed by atoms with Gasteiger partial charge in [0.1, 0.15) is 11.5 Å². The van der Waals surface area contributed by atoms with Gasteiger partial charge in [0.2, 0.25) is 0 Å². The summed E-state index contributed by atoms with van der Waals surface area (Å²) in [4.78, 5) is 24.0. The summed E-state index contributed by atoms with van der Waals surface area (Å²) >= 11 is 0. The van der Waals surface area contributed by atoms with Gasteiger partial charge in [-0.25, -0.2) is 0 Å². The van der Waals surface area contributed by atoms with Crippen molar-refractivity contribution in [1.29, 1.82) is 0 Å². The van der Waals surface area contributed by atoms with Crippen LogP contribution in [0.25, 0.3) is 0 Å². The zero-order valence-corrected chi connectivity index (χ0v) is 27.1. The third-order valence-electron chi connectivity index (χ3n) is 8.35. The number of benzene rings is 2. The minimum atomic E-state index is -0.781. The maximum Gasteiger partial charge on any atom is 0.306 e. The molecule has 0 amide bonds. The number of aromatic hydroxyl groups is 2. The highest BCUT2D eigenvalue weighted by Gasteiger charge is 2.24. The smallest absolute Gasteiger partial charge is 0.306 e. The van der Waals surface area contributed by atoms with E-state index in [2.05, 4.69) is 0 Å². The van der Waals surface area contributed by atoms with Crippen molar-refractivity contribution in [1.82, 2.24) is 0 Å². The van der Waals surface area contributed by atoms with Gasteiger partial charge in [-0.05, 0) is 83.7 Å². The average molecular weight is 583 g/mol. The molecule has 0 fully saturated rings. The molecule has 0 aromatic heterocycles. The van der Waals surface area contributed by atoms with Crippen LogP contribution in [0.15, 0.2) is 24.3 Å². The maximum atomic E-state index is 12.0. The quantitative estimate of drug-likeness (QED) is 0.156. The lowest BCUT2D eigenvalue weighted by Gasteiger charge is -2.23. The van der Waals surface area contributed by atoms with Gasteiger partial charge in [-0.15, -0.1) is 0 Å². The second kappa shape index (κ2) is 14.9. The van der Waals surface area contributed by atoms with Gasteiger partial charge in [-0.1, -0.05) is 104 Å². The second-order valence-electron chi connectivity index (χ2n) is 14.3. The number of aryl methyl sites for hydroxylation is 2. The monoisotopic (exact) mass is 582 g/mol. The summed E-state index contributed by atoms with van der Waals surface area (Å²) in [5.41, 5.74) is 4.70. The van der Waals surface area contributed by atoms with Crippen LogP contribution in [-0.4, -0.2) is 32.4 Å². The molecule has 0 heterocycles. The minimum absolute atomic E-state index is 0.228. The first-order chi connectivity index (χ1) is 19.4. The molecule has 234 valence electrons. The summed E-state index contributed by atoms with van der Waals surface area (Å²) < 4.78 is 0. The third kappa shape index (κ3) is 10.4. The van der Waals surface area contributed by atoms with Gasteiger partial charge in [-0.2, -0.15) is 0 Å². The average Bonchev–Trinajstić information content (AvgIpc) is 2.86. The number of hydrogen-bond donors (Lipinski definition) is 4. The Kier molecular flexibility index (Phi) is 12.5. The van der Waals surface area contributed by atoms with Gasteiger partial charge in [0, 0.05) is 0 Å². The Bertz CT molecular complexity index is 1120. The number of aliphatic carboxylic acids is 2. The normalized spacial score (nSPS) is 13.6. The van der Waals surface area contributed by atoms with E-state index in [1.165, 1.54) is 0 Å². The molecule has 6 nitrogen and oxygen atoms in total. The van der Waals surface area contributed by atoms with Gasteiger partial charge in [-0.3, -0.25) is 9.59 Å². The Morgan fingerprint density at radius 2 is 0.905 bits per heavy atom. The van der Waals surface area contributed by atoms with Crippen LogP contribution in [0, 0.1) is 25.7 Å². The Morgan fingerprint density at radius 3 is 1.19 bits per heavy atom. The number of carbonyl (C=O) groups is 2. The van der Waals surface area contributed by atoms with Crippen LogP contribution >= 0.6 is 0 Å². The predicted octanol–water partition coefficient (Wildman–Crippen LogP) is 8.62. The number of phenolic OH excluding ortho intramolecular Hbond substituents is 2. The van der Waals surface area contributed by atoms with Crippen LogP contribution < -0.4 is 0 Å². The van der Waals surface area contributed by atoms with E-state index in [9.17, 15) is 30.0 Å². The predicted molar refractivity (Wildman–Crippen MR) is 170 cm³/mol. The molecule has 0 bridgehead atoms. The Labute approximate surface area is 253 Å². The van der Waals surface area contributed by atoms with Crippen LogP contribution in [0.4, 0.5) is 0 Å². The highest BCUT2D eigenvalue weighted by atomic mass is 16.4. The van der Waals surface area contributed by atoms with E-state index in [4.69, 9.17) is 0 Å². The maximum absolute atomic E-state index is 12.0. The zero-order valence-electron chi connectivity index (χ0n) is 27.1. The van der Waals surface area contributed by atoms with E-state index in [1.807, 2.05) is 79.7 Å². The van der Waals surface area contributed by atoms with E-state index in [0.717, 1.165) is 71.9 Å². The van der Waals surface area contributed by atoms with Crippen molar-refractivity contribution in [3.05, 3.63) is 57.6 Å². The summed E-state index contributed by atoms with van der Waals surface area (Å²) in [6, 6.07) is 7.71. The zero-order chi connectivity index (χ0) is 31.8. The van der Waals surface area contributed by atoms with Crippen LogP contribution in [0.3, 0.4) is 0 Å². The lowest BCUT2D eigenvalue weighted by molar-refractivity contribution is -0.143. The highest BCUT2D eigenvalue weighted by Crippen LogP contribution is 2.36. The van der Waals surface area contributed by atoms with Crippen LogP contribution in [0.1, 0.15) is 126 Å². The number of phenols is 2. The van der Waals surface area contributed by atoms with Gasteiger partial charge in [0.15, 0.2) is 0 Å². The highest BCUT2D eigenvalue weighted by molar-refractivity contribution is 5.71. The van der Waals surface area contributed by atoms with Gasteiger partial charge in [0.05, 0.1) is 11.8 Å². The van der Waals surface area contributed by atoms with Crippen LogP contribution in [-0.2, 0) is 33.3 Å². The van der Waals surface area contributed by atoms with Crippen molar-refractivity contribution in [3.63, 3.8) is 0 Å². The van der Waals surface area contributed by atoms with E-state index >= 15 is 0 Å². The van der Waals surface area contributed by atoms with E-state index in [0.29, 0.717) is 25.7 Å². The summed E-state index contributed by atoms with van der Waals surface area (Å²) in [7, 11) is 0. The Hall–Kier alpha value is -3.02. The molecule has 0 aliphatic heterocycles. The Balaban J connectivity index is 1.81. The first-order valence-corrected chi connectivity index (χ1v) is 15.5. The fourth-order valence-electron chi connectivity index (χ4n) is 5.77. The third-order valence-corrected chi connectivity index (χ3v) is 8.35. The molecule has 2 atom stereocenters. The van der Waals surface area contributed by atoms with Crippen molar-refractivity contribution in [2.45, 2.75) is 130 Å². The molecule has 2 rings (SSSR count). The molecule has 0 saturated carbocycles. The first-order valence-electron chi connectivity index (χ1n) is 15.5. The molecule has 0 aliphatic rings. The van der Waals surface area contributed by atoms with E-state index < -0.39 is 23.8 Å². The standard InChI is InChI=1S/C36H54O6/c1-23-17-25(21-29(31(23)37)35(3,4)5)19-27(33(39)40)15-13-11-9-10-12-14-16-28(34(41)42)20-26-18-24(2)32(38)30(22-26)36(6,7)8/h17-18,21-22,27-28,37-38H,9-16,19-20H2,1-8H3,(H,39,40)(H,41,42). The molecular formula is C36H54O6.